The average Bonchev–Trinajstić information content (AvgIpc) is 3.10. The minimum absolute atomic E-state index is 0.0836. The van der Waals surface area contributed by atoms with Gasteiger partial charge in [0.25, 0.3) is 0 Å². The van der Waals surface area contributed by atoms with Crippen molar-refractivity contribution >= 4 is 17.2 Å². The molecule has 3 aromatic rings. The quantitative estimate of drug-likeness (QED) is 0.626. The predicted octanol–water partition coefficient (Wildman–Crippen LogP) is 2.87. The maximum Gasteiger partial charge on any atom is 0.224 e. The zero-order valence-corrected chi connectivity index (χ0v) is 14.7. The molecule has 8 heteroatoms. The number of nitrogens with zero attached hydrogens (tertiary/aromatic N) is 6. The molecule has 3 aromatic heterocycles. The number of anilines is 1. The summed E-state index contributed by atoms with van der Waals surface area (Å²) in [5.41, 5.74) is 2.01. The predicted molar refractivity (Wildman–Crippen MR) is 100 cm³/mol. The number of amides is 1. The minimum Gasteiger partial charge on any atom is -0.323 e. The van der Waals surface area contributed by atoms with Crippen LogP contribution < -0.4 is 5.32 Å². The Labute approximate surface area is 156 Å². The van der Waals surface area contributed by atoms with Gasteiger partial charge in [0.2, 0.25) is 5.91 Å². The summed E-state index contributed by atoms with van der Waals surface area (Å²) >= 11 is 0. The highest BCUT2D eigenvalue weighted by molar-refractivity contribution is 5.90. The van der Waals surface area contributed by atoms with E-state index in [1.807, 2.05) is 35.0 Å². The van der Waals surface area contributed by atoms with Crippen molar-refractivity contribution in [2.24, 2.45) is 10.2 Å². The molecule has 4 rings (SSSR count). The molecule has 8 nitrogen and oxygen atoms in total. The molecule has 1 aliphatic rings. The highest BCUT2D eigenvalue weighted by atomic mass is 16.1. The second-order valence-electron chi connectivity index (χ2n) is 6.56. The summed E-state index contributed by atoms with van der Waals surface area (Å²) in [5.74, 6) is 2.50. The molecular weight excluding hydrogens is 342 g/mol. The van der Waals surface area contributed by atoms with E-state index in [0.717, 1.165) is 11.3 Å². The van der Waals surface area contributed by atoms with Crippen molar-refractivity contribution in [1.82, 2.24) is 19.2 Å². The van der Waals surface area contributed by atoms with E-state index in [9.17, 15) is 4.79 Å². The van der Waals surface area contributed by atoms with Crippen LogP contribution >= 0.6 is 0 Å². The Kier molecular flexibility index (Phi) is 4.42. The Balaban J connectivity index is 1.30. The van der Waals surface area contributed by atoms with Crippen molar-refractivity contribution in [3.8, 4) is 12.3 Å². The van der Waals surface area contributed by atoms with E-state index in [1.165, 1.54) is 0 Å². The number of fused-ring (bicyclic) bond motifs is 1. The van der Waals surface area contributed by atoms with Gasteiger partial charge in [0.1, 0.15) is 5.65 Å². The molecule has 1 aliphatic heterocycles. The minimum atomic E-state index is -0.434. The molecule has 0 unspecified atom stereocenters. The van der Waals surface area contributed by atoms with E-state index in [-0.39, 0.29) is 5.91 Å². The molecule has 0 saturated carbocycles. The molecule has 0 saturated heterocycles. The lowest BCUT2D eigenvalue weighted by Gasteiger charge is -2.08. The number of nitrogens with one attached hydrogen (secondary N) is 1. The maximum atomic E-state index is 12.2. The number of hydrogen-bond donors (Lipinski definition) is 1. The van der Waals surface area contributed by atoms with Crippen LogP contribution in [0.1, 0.15) is 31.4 Å². The van der Waals surface area contributed by atoms with Crippen LogP contribution in [-0.2, 0) is 11.3 Å². The first kappa shape index (κ1) is 17.0. The fourth-order valence-corrected chi connectivity index (χ4v) is 2.95. The van der Waals surface area contributed by atoms with Gasteiger partial charge in [-0.2, -0.15) is 15.3 Å². The standard InChI is InChI=1S/C19H19N7O/c1-2-3-8-19(23-24-19)9-7-18(27)22-15-11-20-26(13-15)14-16-12-25-10-5-4-6-17(25)21-16/h1,4-6,10-13H,3,7-9,14H2,(H,22,27). The molecule has 0 fully saturated rings. The monoisotopic (exact) mass is 361 g/mol. The lowest BCUT2D eigenvalue weighted by Crippen LogP contribution is -2.17. The van der Waals surface area contributed by atoms with E-state index in [2.05, 4.69) is 31.5 Å². The number of hydrogen-bond acceptors (Lipinski definition) is 5. The third kappa shape index (κ3) is 4.03. The number of terminal acetylenes is 1. The van der Waals surface area contributed by atoms with Gasteiger partial charge in [-0.15, -0.1) is 12.3 Å². The van der Waals surface area contributed by atoms with Gasteiger partial charge in [0.15, 0.2) is 5.66 Å². The third-order valence-electron chi connectivity index (χ3n) is 4.46. The first-order valence-electron chi connectivity index (χ1n) is 8.78. The van der Waals surface area contributed by atoms with E-state index in [4.69, 9.17) is 6.42 Å². The van der Waals surface area contributed by atoms with Crippen LogP contribution in [-0.4, -0.2) is 30.7 Å². The van der Waals surface area contributed by atoms with Gasteiger partial charge >= 0.3 is 0 Å². The van der Waals surface area contributed by atoms with Crippen LogP contribution in [0.15, 0.2) is 53.2 Å². The van der Waals surface area contributed by atoms with Gasteiger partial charge in [-0.3, -0.25) is 9.48 Å². The van der Waals surface area contributed by atoms with Gasteiger partial charge in [0, 0.05) is 44.3 Å². The molecule has 1 amide bonds. The summed E-state index contributed by atoms with van der Waals surface area (Å²) in [5, 5.41) is 15.2. The number of pyridine rings is 1. The molecule has 0 aliphatic carbocycles. The second kappa shape index (κ2) is 7.03. The number of rotatable bonds is 8. The Morgan fingerprint density at radius 1 is 1.26 bits per heavy atom. The summed E-state index contributed by atoms with van der Waals surface area (Å²) < 4.78 is 3.71. The van der Waals surface area contributed by atoms with Crippen molar-refractivity contribution in [3.05, 3.63) is 48.7 Å². The number of aromatic nitrogens is 4. The second-order valence-corrected chi connectivity index (χ2v) is 6.56. The molecule has 136 valence electrons. The van der Waals surface area contributed by atoms with Gasteiger partial charge in [0.05, 0.1) is 24.1 Å². The largest absolute Gasteiger partial charge is 0.323 e. The fraction of sp³-hybridized carbons (Fsp3) is 0.316. The summed E-state index contributed by atoms with van der Waals surface area (Å²) in [6.45, 7) is 0.532. The Bertz CT molecular complexity index is 1000. The Morgan fingerprint density at radius 3 is 2.93 bits per heavy atom. The number of imidazole rings is 1. The van der Waals surface area contributed by atoms with Crippen molar-refractivity contribution in [1.29, 1.82) is 0 Å². The summed E-state index contributed by atoms with van der Waals surface area (Å²) in [6, 6.07) is 5.86. The Morgan fingerprint density at radius 2 is 2.15 bits per heavy atom. The van der Waals surface area contributed by atoms with E-state index < -0.39 is 5.66 Å². The van der Waals surface area contributed by atoms with E-state index in [0.29, 0.717) is 37.9 Å². The number of carbonyl (C=O) groups is 1. The third-order valence-corrected chi connectivity index (χ3v) is 4.46. The smallest absolute Gasteiger partial charge is 0.224 e. The molecule has 4 heterocycles. The van der Waals surface area contributed by atoms with Crippen LogP contribution in [0.4, 0.5) is 5.69 Å². The van der Waals surface area contributed by atoms with E-state index >= 15 is 0 Å². The van der Waals surface area contributed by atoms with Gasteiger partial charge in [-0.25, -0.2) is 4.98 Å². The van der Waals surface area contributed by atoms with Crippen LogP contribution in [0.5, 0.6) is 0 Å². The van der Waals surface area contributed by atoms with Crippen molar-refractivity contribution in [2.75, 3.05) is 5.32 Å². The van der Waals surface area contributed by atoms with Crippen molar-refractivity contribution in [3.63, 3.8) is 0 Å². The van der Waals surface area contributed by atoms with Crippen molar-refractivity contribution in [2.45, 2.75) is 37.9 Å². The highest BCUT2D eigenvalue weighted by Gasteiger charge is 2.39. The van der Waals surface area contributed by atoms with Crippen LogP contribution in [0.25, 0.3) is 5.65 Å². The number of carbonyl (C=O) groups excluding carboxylic acids is 1. The maximum absolute atomic E-state index is 12.2. The molecule has 0 aromatic carbocycles. The molecule has 0 radical (unpaired) electrons. The van der Waals surface area contributed by atoms with Gasteiger partial charge in [-0.05, 0) is 12.1 Å². The van der Waals surface area contributed by atoms with E-state index in [1.54, 1.807) is 17.1 Å². The van der Waals surface area contributed by atoms with Gasteiger partial charge in [-0.1, -0.05) is 6.07 Å². The highest BCUT2D eigenvalue weighted by Crippen LogP contribution is 2.37. The summed E-state index contributed by atoms with van der Waals surface area (Å²) in [6.07, 6.45) is 14.9. The Hall–Kier alpha value is -3.47. The van der Waals surface area contributed by atoms with Crippen LogP contribution in [0.2, 0.25) is 0 Å². The van der Waals surface area contributed by atoms with Crippen molar-refractivity contribution < 1.29 is 4.79 Å². The van der Waals surface area contributed by atoms with Crippen LogP contribution in [0.3, 0.4) is 0 Å². The first-order valence-corrected chi connectivity index (χ1v) is 8.78. The fourth-order valence-electron chi connectivity index (χ4n) is 2.95. The SMILES string of the molecule is C#CCCC1(CCC(=O)Nc2cnn(Cc3cn4ccccc4n3)c2)N=N1. The first-order chi connectivity index (χ1) is 13.2. The zero-order chi connectivity index (χ0) is 18.7. The van der Waals surface area contributed by atoms with Gasteiger partial charge < -0.3 is 9.72 Å². The molecule has 27 heavy (non-hydrogen) atoms. The molecular formula is C19H19N7O. The average molecular weight is 361 g/mol. The normalized spacial score (nSPS) is 14.2. The zero-order valence-electron chi connectivity index (χ0n) is 14.7. The molecule has 0 bridgehead atoms. The molecule has 0 atom stereocenters. The van der Waals surface area contributed by atoms with Crippen LogP contribution in [0, 0.1) is 12.3 Å². The lowest BCUT2D eigenvalue weighted by atomic mass is 10.0. The molecule has 0 spiro atoms. The molecule has 1 N–H and O–H groups in total. The lowest BCUT2D eigenvalue weighted by molar-refractivity contribution is -0.116. The summed E-state index contributed by atoms with van der Waals surface area (Å²) in [7, 11) is 0. The summed E-state index contributed by atoms with van der Waals surface area (Å²) in [4.78, 5) is 16.7. The topological polar surface area (TPSA) is 88.9 Å².